The number of aromatic nitrogens is 4. The van der Waals surface area contributed by atoms with E-state index in [0.29, 0.717) is 42.9 Å². The van der Waals surface area contributed by atoms with Gasteiger partial charge < -0.3 is 14.4 Å². The molecule has 3 aromatic heterocycles. The third-order valence-electron chi connectivity index (χ3n) is 4.98. The molecule has 3 aromatic rings. The Labute approximate surface area is 163 Å². The first-order valence-electron chi connectivity index (χ1n) is 9.38. The van der Waals surface area contributed by atoms with Crippen molar-refractivity contribution >= 4 is 11.6 Å². The number of carbonyl (C=O) groups is 1. The molecule has 8 nitrogen and oxygen atoms in total. The summed E-state index contributed by atoms with van der Waals surface area (Å²) in [6, 6.07) is 7.25. The molecule has 1 aliphatic rings. The number of methoxy groups -OCH3 is 1. The number of likely N-dealkylation sites (tertiary alicyclic amines) is 1. The Hall–Kier alpha value is -3.16. The molecule has 0 bridgehead atoms. The van der Waals surface area contributed by atoms with Gasteiger partial charge in [0.25, 0.3) is 5.91 Å². The Morgan fingerprint density at radius 1 is 1.25 bits per heavy atom. The number of amides is 1. The van der Waals surface area contributed by atoms with Crippen molar-refractivity contribution in [1.82, 2.24) is 24.5 Å². The minimum absolute atomic E-state index is 0.0353. The van der Waals surface area contributed by atoms with E-state index in [9.17, 15) is 4.79 Å². The summed E-state index contributed by atoms with van der Waals surface area (Å²) < 4.78 is 12.8. The van der Waals surface area contributed by atoms with Gasteiger partial charge in [-0.1, -0.05) is 0 Å². The highest BCUT2D eigenvalue weighted by Gasteiger charge is 2.26. The topological polar surface area (TPSA) is 81.8 Å². The van der Waals surface area contributed by atoms with Crippen molar-refractivity contribution in [2.45, 2.75) is 19.8 Å². The standard InChI is InChI=1S/C20H23N5O3/c1-14-12-25-17(22-14)5-6-18(23-25)28-13-15-7-10-24(11-8-15)20(26)16-4-3-9-21-19(16)27-2/h3-6,9,12,15H,7-8,10-11,13H2,1-2H3. The Balaban J connectivity index is 1.31. The number of aryl methyl sites for hydroxylation is 1. The van der Waals surface area contributed by atoms with E-state index < -0.39 is 0 Å². The molecule has 0 aromatic carbocycles. The molecule has 4 rings (SSSR count). The van der Waals surface area contributed by atoms with Crippen LogP contribution in [0.2, 0.25) is 0 Å². The first-order chi connectivity index (χ1) is 13.6. The van der Waals surface area contributed by atoms with Gasteiger partial charge in [0.05, 0.1) is 25.6 Å². The van der Waals surface area contributed by atoms with Crippen LogP contribution in [0.4, 0.5) is 0 Å². The van der Waals surface area contributed by atoms with Crippen LogP contribution >= 0.6 is 0 Å². The van der Waals surface area contributed by atoms with E-state index in [-0.39, 0.29) is 5.91 Å². The van der Waals surface area contributed by atoms with E-state index in [0.717, 1.165) is 24.2 Å². The molecule has 0 N–H and O–H groups in total. The van der Waals surface area contributed by atoms with Crippen LogP contribution in [0.5, 0.6) is 11.8 Å². The fourth-order valence-electron chi connectivity index (χ4n) is 3.45. The molecule has 146 valence electrons. The average molecular weight is 381 g/mol. The van der Waals surface area contributed by atoms with Gasteiger partial charge in [-0.2, -0.15) is 0 Å². The molecule has 0 spiro atoms. The number of rotatable bonds is 5. The number of fused-ring (bicyclic) bond motifs is 1. The number of carbonyl (C=O) groups excluding carboxylic acids is 1. The van der Waals surface area contributed by atoms with Gasteiger partial charge in [-0.3, -0.25) is 4.79 Å². The predicted octanol–water partition coefficient (Wildman–Crippen LogP) is 2.37. The summed E-state index contributed by atoms with van der Waals surface area (Å²) in [6.45, 7) is 3.91. The molecule has 4 heterocycles. The molecule has 8 heteroatoms. The fraction of sp³-hybridized carbons (Fsp3) is 0.400. The summed E-state index contributed by atoms with van der Waals surface area (Å²) in [6.07, 6.45) is 5.27. The maximum absolute atomic E-state index is 12.7. The number of nitrogens with zero attached hydrogens (tertiary/aromatic N) is 5. The van der Waals surface area contributed by atoms with E-state index in [1.807, 2.05) is 30.2 Å². The number of ether oxygens (including phenoxy) is 2. The van der Waals surface area contributed by atoms with Crippen LogP contribution < -0.4 is 9.47 Å². The van der Waals surface area contributed by atoms with Crippen molar-refractivity contribution < 1.29 is 14.3 Å². The van der Waals surface area contributed by atoms with Crippen LogP contribution in [0.3, 0.4) is 0 Å². The highest BCUT2D eigenvalue weighted by molar-refractivity contribution is 5.96. The van der Waals surface area contributed by atoms with Crippen molar-refractivity contribution in [2.75, 3.05) is 26.8 Å². The summed E-state index contributed by atoms with van der Waals surface area (Å²) in [5.41, 5.74) is 2.24. The summed E-state index contributed by atoms with van der Waals surface area (Å²) in [7, 11) is 1.53. The van der Waals surface area contributed by atoms with Crippen molar-refractivity contribution in [1.29, 1.82) is 0 Å². The van der Waals surface area contributed by atoms with Crippen LogP contribution in [0.1, 0.15) is 28.9 Å². The third-order valence-corrected chi connectivity index (χ3v) is 4.98. The molecular formula is C20H23N5O3. The maximum atomic E-state index is 12.7. The van der Waals surface area contributed by atoms with E-state index in [2.05, 4.69) is 15.1 Å². The molecule has 1 amide bonds. The van der Waals surface area contributed by atoms with E-state index in [1.165, 1.54) is 7.11 Å². The highest BCUT2D eigenvalue weighted by Crippen LogP contribution is 2.23. The summed E-state index contributed by atoms with van der Waals surface area (Å²) in [5, 5.41) is 4.43. The van der Waals surface area contributed by atoms with Gasteiger partial charge in [0.1, 0.15) is 5.56 Å². The van der Waals surface area contributed by atoms with Crippen molar-refractivity contribution in [2.24, 2.45) is 5.92 Å². The van der Waals surface area contributed by atoms with Gasteiger partial charge in [0.15, 0.2) is 5.65 Å². The molecular weight excluding hydrogens is 358 g/mol. The highest BCUT2D eigenvalue weighted by atomic mass is 16.5. The summed E-state index contributed by atoms with van der Waals surface area (Å²) in [4.78, 5) is 23.1. The van der Waals surface area contributed by atoms with E-state index in [4.69, 9.17) is 9.47 Å². The average Bonchev–Trinajstić information content (AvgIpc) is 3.11. The molecule has 1 saturated heterocycles. The smallest absolute Gasteiger partial charge is 0.259 e. The van der Waals surface area contributed by atoms with Crippen molar-refractivity contribution in [3.8, 4) is 11.8 Å². The van der Waals surface area contributed by atoms with E-state index in [1.54, 1.807) is 22.8 Å². The van der Waals surface area contributed by atoms with Crippen molar-refractivity contribution in [3.63, 3.8) is 0 Å². The lowest BCUT2D eigenvalue weighted by molar-refractivity contribution is 0.0655. The quantitative estimate of drug-likeness (QED) is 0.675. The molecule has 0 saturated carbocycles. The first kappa shape index (κ1) is 18.2. The van der Waals surface area contributed by atoms with Crippen LogP contribution in [0.15, 0.2) is 36.7 Å². The number of imidazole rings is 1. The minimum Gasteiger partial charge on any atom is -0.480 e. The molecule has 0 radical (unpaired) electrons. The largest absolute Gasteiger partial charge is 0.480 e. The fourth-order valence-corrected chi connectivity index (χ4v) is 3.45. The lowest BCUT2D eigenvalue weighted by atomic mass is 9.97. The zero-order valence-corrected chi connectivity index (χ0v) is 16.0. The van der Waals surface area contributed by atoms with E-state index >= 15 is 0 Å². The zero-order chi connectivity index (χ0) is 19.5. The summed E-state index contributed by atoms with van der Waals surface area (Å²) >= 11 is 0. The molecule has 1 fully saturated rings. The van der Waals surface area contributed by atoms with Crippen LogP contribution in [0, 0.1) is 12.8 Å². The Kier molecular flexibility index (Phi) is 5.10. The van der Waals surface area contributed by atoms with Crippen LogP contribution in [-0.2, 0) is 0 Å². The van der Waals surface area contributed by atoms with Gasteiger partial charge in [-0.15, -0.1) is 5.10 Å². The second-order valence-electron chi connectivity index (χ2n) is 6.96. The second-order valence-corrected chi connectivity index (χ2v) is 6.96. The minimum atomic E-state index is -0.0353. The molecule has 1 aliphatic heterocycles. The van der Waals surface area contributed by atoms with Gasteiger partial charge in [-0.05, 0) is 43.9 Å². The lowest BCUT2D eigenvalue weighted by Crippen LogP contribution is -2.39. The van der Waals surface area contributed by atoms with Gasteiger partial charge in [0, 0.05) is 25.4 Å². The number of hydrogen-bond acceptors (Lipinski definition) is 6. The van der Waals surface area contributed by atoms with Crippen molar-refractivity contribution in [3.05, 3.63) is 47.9 Å². The molecule has 0 atom stereocenters. The predicted molar refractivity (Wildman–Crippen MR) is 103 cm³/mol. The Morgan fingerprint density at radius 3 is 2.86 bits per heavy atom. The normalized spacial score (nSPS) is 15.0. The van der Waals surface area contributed by atoms with Crippen LogP contribution in [0.25, 0.3) is 5.65 Å². The number of hydrogen-bond donors (Lipinski definition) is 0. The number of pyridine rings is 1. The summed E-state index contributed by atoms with van der Waals surface area (Å²) in [5.74, 6) is 1.31. The van der Waals surface area contributed by atoms with Gasteiger partial charge >= 0.3 is 0 Å². The van der Waals surface area contributed by atoms with Gasteiger partial charge in [0.2, 0.25) is 11.8 Å². The number of piperidine rings is 1. The molecule has 0 unspecified atom stereocenters. The third kappa shape index (κ3) is 3.76. The van der Waals surface area contributed by atoms with Gasteiger partial charge in [-0.25, -0.2) is 14.5 Å². The monoisotopic (exact) mass is 381 g/mol. The first-order valence-corrected chi connectivity index (χ1v) is 9.38. The second kappa shape index (κ2) is 7.84. The maximum Gasteiger partial charge on any atom is 0.259 e. The molecule has 0 aliphatic carbocycles. The zero-order valence-electron chi connectivity index (χ0n) is 16.0. The molecule has 28 heavy (non-hydrogen) atoms. The Morgan fingerprint density at radius 2 is 2.07 bits per heavy atom. The lowest BCUT2D eigenvalue weighted by Gasteiger charge is -2.32. The van der Waals surface area contributed by atoms with Crippen LogP contribution in [-0.4, -0.2) is 57.2 Å². The Bertz CT molecular complexity index is 979. The SMILES string of the molecule is COc1ncccc1C(=O)N1CCC(COc2ccc3nc(C)cn3n2)CC1.